The van der Waals surface area contributed by atoms with Crippen LogP contribution in [0.2, 0.25) is 0 Å². The van der Waals surface area contributed by atoms with Gasteiger partial charge in [0, 0.05) is 19.1 Å². The van der Waals surface area contributed by atoms with Crippen LogP contribution < -0.4 is 5.32 Å². The van der Waals surface area contributed by atoms with Crippen LogP contribution in [0.3, 0.4) is 0 Å². The maximum atomic E-state index is 10.4. The molecule has 3 nitrogen and oxygen atoms in total. The van der Waals surface area contributed by atoms with Crippen LogP contribution in [0.25, 0.3) is 0 Å². The van der Waals surface area contributed by atoms with Crippen molar-refractivity contribution in [3.63, 3.8) is 0 Å². The molecule has 3 rings (SSSR count). The van der Waals surface area contributed by atoms with Crippen molar-refractivity contribution < 1.29 is 5.11 Å². The van der Waals surface area contributed by atoms with E-state index in [0.29, 0.717) is 0 Å². The monoisotopic (exact) mass is 280 g/mol. The average Bonchev–Trinajstić information content (AvgIpc) is 3.11. The van der Waals surface area contributed by atoms with Gasteiger partial charge >= 0.3 is 0 Å². The summed E-state index contributed by atoms with van der Waals surface area (Å²) >= 11 is 0. The van der Waals surface area contributed by atoms with Crippen molar-refractivity contribution >= 4 is 0 Å². The molecule has 3 aliphatic rings. The van der Waals surface area contributed by atoms with Crippen LogP contribution in [0.1, 0.15) is 57.8 Å². The minimum atomic E-state index is -0.0895. The number of aliphatic hydroxyl groups excluding tert-OH is 1. The Morgan fingerprint density at radius 2 is 1.90 bits per heavy atom. The van der Waals surface area contributed by atoms with Gasteiger partial charge in [-0.25, -0.2) is 0 Å². The van der Waals surface area contributed by atoms with Gasteiger partial charge in [0.15, 0.2) is 0 Å². The molecule has 3 atom stereocenters. The van der Waals surface area contributed by atoms with Crippen LogP contribution in [0.5, 0.6) is 0 Å². The zero-order valence-electron chi connectivity index (χ0n) is 12.9. The van der Waals surface area contributed by atoms with Crippen LogP contribution in [-0.2, 0) is 0 Å². The molecule has 3 heteroatoms. The van der Waals surface area contributed by atoms with E-state index in [1.54, 1.807) is 0 Å². The highest BCUT2D eigenvalue weighted by Crippen LogP contribution is 2.29. The van der Waals surface area contributed by atoms with E-state index < -0.39 is 0 Å². The number of rotatable bonds is 5. The number of nitrogens with one attached hydrogen (secondary N) is 1. The molecule has 0 bridgehead atoms. The highest BCUT2D eigenvalue weighted by atomic mass is 16.3. The third-order valence-electron chi connectivity index (χ3n) is 5.76. The fraction of sp³-hybridized carbons (Fsp3) is 1.00. The summed E-state index contributed by atoms with van der Waals surface area (Å²) < 4.78 is 0. The van der Waals surface area contributed by atoms with Crippen molar-refractivity contribution in [3.8, 4) is 0 Å². The van der Waals surface area contributed by atoms with Crippen LogP contribution in [-0.4, -0.2) is 48.3 Å². The van der Waals surface area contributed by atoms with Gasteiger partial charge in [-0.05, 0) is 57.0 Å². The second-order valence-electron chi connectivity index (χ2n) is 7.40. The molecule has 0 aromatic heterocycles. The molecule has 0 radical (unpaired) electrons. The lowest BCUT2D eigenvalue weighted by Gasteiger charge is -2.37. The number of piperidine rings is 1. The summed E-state index contributed by atoms with van der Waals surface area (Å²) in [7, 11) is 0. The Kier molecular flexibility index (Phi) is 5.36. The van der Waals surface area contributed by atoms with Gasteiger partial charge in [-0.3, -0.25) is 0 Å². The molecule has 116 valence electrons. The fourth-order valence-corrected chi connectivity index (χ4v) is 4.70. The Bertz CT molecular complexity index is 285. The van der Waals surface area contributed by atoms with Crippen LogP contribution in [0, 0.1) is 11.8 Å². The fourth-order valence-electron chi connectivity index (χ4n) is 4.70. The topological polar surface area (TPSA) is 35.5 Å². The van der Waals surface area contributed by atoms with E-state index in [1.807, 2.05) is 0 Å². The van der Waals surface area contributed by atoms with Crippen molar-refractivity contribution in [3.05, 3.63) is 0 Å². The summed E-state index contributed by atoms with van der Waals surface area (Å²) in [5, 5.41) is 14.0. The second kappa shape index (κ2) is 7.24. The second-order valence-corrected chi connectivity index (χ2v) is 7.40. The number of nitrogens with zero attached hydrogens (tertiary/aromatic N) is 1. The van der Waals surface area contributed by atoms with E-state index in [0.717, 1.165) is 30.8 Å². The summed E-state index contributed by atoms with van der Waals surface area (Å²) in [6, 6.07) is 0.754. The molecule has 0 aromatic rings. The lowest BCUT2D eigenvalue weighted by atomic mass is 9.89. The van der Waals surface area contributed by atoms with Gasteiger partial charge in [0.05, 0.1) is 6.10 Å². The van der Waals surface area contributed by atoms with E-state index in [1.165, 1.54) is 71.0 Å². The van der Waals surface area contributed by atoms with Gasteiger partial charge < -0.3 is 15.3 Å². The Labute approximate surface area is 124 Å². The average molecular weight is 280 g/mol. The van der Waals surface area contributed by atoms with Gasteiger partial charge in [0.1, 0.15) is 0 Å². The molecule has 2 N–H and O–H groups in total. The van der Waals surface area contributed by atoms with Crippen molar-refractivity contribution in [2.24, 2.45) is 11.8 Å². The van der Waals surface area contributed by atoms with Gasteiger partial charge in [0.25, 0.3) is 0 Å². The van der Waals surface area contributed by atoms with Crippen molar-refractivity contribution in [2.75, 3.05) is 26.2 Å². The first-order valence-electron chi connectivity index (χ1n) is 8.95. The Balaban J connectivity index is 1.41. The predicted molar refractivity (Wildman–Crippen MR) is 82.8 cm³/mol. The molecule has 1 saturated carbocycles. The molecule has 0 amide bonds. The zero-order chi connectivity index (χ0) is 13.8. The van der Waals surface area contributed by atoms with Gasteiger partial charge in [-0.15, -0.1) is 0 Å². The third-order valence-corrected chi connectivity index (χ3v) is 5.76. The van der Waals surface area contributed by atoms with Crippen LogP contribution >= 0.6 is 0 Å². The number of aliphatic hydroxyl groups is 1. The van der Waals surface area contributed by atoms with Crippen molar-refractivity contribution in [1.82, 2.24) is 10.2 Å². The first-order valence-corrected chi connectivity index (χ1v) is 8.95. The number of β-amino-alcohol motifs (C(OH)–C–C–N with tert-alkyl or cyclic N) is 1. The molecule has 3 unspecified atom stereocenters. The molecule has 2 saturated heterocycles. The van der Waals surface area contributed by atoms with E-state index >= 15 is 0 Å². The Morgan fingerprint density at radius 3 is 2.65 bits per heavy atom. The Hall–Kier alpha value is -0.120. The Morgan fingerprint density at radius 1 is 1.05 bits per heavy atom. The zero-order valence-corrected chi connectivity index (χ0v) is 12.9. The normalized spacial score (nSPS) is 34.6. The molecule has 1 aliphatic carbocycles. The minimum Gasteiger partial charge on any atom is -0.392 e. The lowest BCUT2D eigenvalue weighted by molar-refractivity contribution is 0.0635. The van der Waals surface area contributed by atoms with E-state index in [4.69, 9.17) is 0 Å². The summed E-state index contributed by atoms with van der Waals surface area (Å²) in [5.41, 5.74) is 0. The minimum absolute atomic E-state index is 0.0895. The molecule has 2 heterocycles. The molecular formula is C17H32N2O. The number of hydrogen-bond acceptors (Lipinski definition) is 3. The van der Waals surface area contributed by atoms with Gasteiger partial charge in [-0.2, -0.15) is 0 Å². The number of hydrogen-bond donors (Lipinski definition) is 2. The van der Waals surface area contributed by atoms with E-state index in [2.05, 4.69) is 10.2 Å². The molecular weight excluding hydrogens is 248 g/mol. The van der Waals surface area contributed by atoms with Crippen LogP contribution in [0.15, 0.2) is 0 Å². The summed E-state index contributed by atoms with van der Waals surface area (Å²) in [6.45, 7) is 4.54. The third kappa shape index (κ3) is 3.96. The molecule has 0 spiro atoms. The van der Waals surface area contributed by atoms with Gasteiger partial charge in [0.2, 0.25) is 0 Å². The van der Waals surface area contributed by atoms with E-state index in [9.17, 15) is 5.11 Å². The highest BCUT2D eigenvalue weighted by Gasteiger charge is 2.30. The van der Waals surface area contributed by atoms with Crippen molar-refractivity contribution in [1.29, 1.82) is 0 Å². The standard InChI is InChI=1S/C17H32N2O/c20-16(11-14-5-1-2-6-14)13-19-10-4-7-15(12-19)17-8-3-9-18-17/h14-18,20H,1-13H2. The number of likely N-dealkylation sites (tertiary alicyclic amines) is 1. The smallest absolute Gasteiger partial charge is 0.0669 e. The summed E-state index contributed by atoms with van der Waals surface area (Å²) in [6.07, 6.45) is 11.8. The maximum Gasteiger partial charge on any atom is 0.0669 e. The van der Waals surface area contributed by atoms with Crippen molar-refractivity contribution in [2.45, 2.75) is 69.9 Å². The summed E-state index contributed by atoms with van der Waals surface area (Å²) in [4.78, 5) is 2.54. The van der Waals surface area contributed by atoms with E-state index in [-0.39, 0.29) is 6.10 Å². The summed E-state index contributed by atoms with van der Waals surface area (Å²) in [5.74, 6) is 1.63. The molecule has 3 fully saturated rings. The molecule has 20 heavy (non-hydrogen) atoms. The quantitative estimate of drug-likeness (QED) is 0.812. The first kappa shape index (κ1) is 14.8. The predicted octanol–water partition coefficient (Wildman–Crippen LogP) is 2.39. The lowest BCUT2D eigenvalue weighted by Crippen LogP contribution is -2.46. The maximum absolute atomic E-state index is 10.4. The molecule has 0 aromatic carbocycles. The molecule has 2 aliphatic heterocycles. The van der Waals surface area contributed by atoms with Gasteiger partial charge in [-0.1, -0.05) is 25.7 Å². The van der Waals surface area contributed by atoms with Crippen LogP contribution in [0.4, 0.5) is 0 Å². The largest absolute Gasteiger partial charge is 0.392 e. The highest BCUT2D eigenvalue weighted by molar-refractivity contribution is 4.87. The first-order chi connectivity index (χ1) is 9.81. The SMILES string of the molecule is OC(CC1CCCC1)CN1CCCC(C2CCCN2)C1.